The molecule has 0 aromatic heterocycles. The maximum Gasteiger partial charge on any atom is 0.338 e. The predicted octanol–water partition coefficient (Wildman–Crippen LogP) is 2.75. The van der Waals surface area contributed by atoms with Crippen molar-refractivity contribution in [2.75, 3.05) is 20.3 Å². The highest BCUT2D eigenvalue weighted by molar-refractivity contribution is 8.04. The number of unbranched alkanes of at least 4 members (excludes halogenated alkanes) is 1. The Morgan fingerprint density at radius 2 is 1.88 bits per heavy atom. The van der Waals surface area contributed by atoms with Gasteiger partial charge in [-0.25, -0.2) is 9.59 Å². The van der Waals surface area contributed by atoms with E-state index in [1.165, 1.54) is 35.9 Å². The summed E-state index contributed by atoms with van der Waals surface area (Å²) >= 11 is 1.18. The number of phenols is 1. The Kier molecular flexibility index (Phi) is 7.57. The summed E-state index contributed by atoms with van der Waals surface area (Å²) in [6.07, 6.45) is 1.47. The average molecular weight is 477 g/mol. The van der Waals surface area contributed by atoms with Crippen molar-refractivity contribution >= 4 is 29.6 Å². The standard InChI is InChI=1S/C23H28N2O7S/c1-5-7-10-32-22(28)17-16(13-8-9-14(26)15(11-13)30-4)18(23(29)31-6-2)21-25(19(17)24)20(27)12(3)33-21/h8-9,11-12,16,26H,5-7,10,24H2,1-4H3/t12-,16+/m0/s1. The molecule has 9 nitrogen and oxygen atoms in total. The van der Waals surface area contributed by atoms with Gasteiger partial charge in [-0.1, -0.05) is 31.2 Å². The highest BCUT2D eigenvalue weighted by Crippen LogP contribution is 2.50. The lowest BCUT2D eigenvalue weighted by Crippen LogP contribution is -2.40. The van der Waals surface area contributed by atoms with Gasteiger partial charge in [0.25, 0.3) is 0 Å². The number of amides is 1. The third-order valence-corrected chi connectivity index (χ3v) is 6.55. The minimum absolute atomic E-state index is 0.0336. The molecule has 0 radical (unpaired) electrons. The number of nitrogens with two attached hydrogens (primary N) is 1. The van der Waals surface area contributed by atoms with E-state index in [-0.39, 0.29) is 47.6 Å². The quantitative estimate of drug-likeness (QED) is 0.430. The van der Waals surface area contributed by atoms with Crippen molar-refractivity contribution in [2.45, 2.75) is 44.8 Å². The van der Waals surface area contributed by atoms with Crippen molar-refractivity contribution in [3.05, 3.63) is 45.8 Å². The third kappa shape index (κ3) is 4.52. The Morgan fingerprint density at radius 3 is 2.52 bits per heavy atom. The Bertz CT molecular complexity index is 1030. The van der Waals surface area contributed by atoms with E-state index in [0.29, 0.717) is 17.0 Å². The highest BCUT2D eigenvalue weighted by Gasteiger charge is 2.49. The van der Waals surface area contributed by atoms with Crippen LogP contribution >= 0.6 is 11.8 Å². The molecule has 0 spiro atoms. The van der Waals surface area contributed by atoms with Crippen LogP contribution in [0.2, 0.25) is 0 Å². The van der Waals surface area contributed by atoms with E-state index in [2.05, 4.69) is 0 Å². The van der Waals surface area contributed by atoms with Crippen LogP contribution in [0.4, 0.5) is 0 Å². The molecule has 33 heavy (non-hydrogen) atoms. The topological polar surface area (TPSA) is 128 Å². The summed E-state index contributed by atoms with van der Waals surface area (Å²) in [7, 11) is 1.39. The summed E-state index contributed by atoms with van der Waals surface area (Å²) in [5.41, 5.74) is 6.93. The zero-order chi connectivity index (χ0) is 24.3. The van der Waals surface area contributed by atoms with E-state index >= 15 is 0 Å². The molecular formula is C23H28N2O7S. The summed E-state index contributed by atoms with van der Waals surface area (Å²) in [5.74, 6) is -2.75. The van der Waals surface area contributed by atoms with Gasteiger partial charge in [0.2, 0.25) is 5.91 Å². The molecule has 10 heteroatoms. The second kappa shape index (κ2) is 10.2. The molecular weight excluding hydrogens is 448 g/mol. The van der Waals surface area contributed by atoms with Gasteiger partial charge in [-0.2, -0.15) is 0 Å². The third-order valence-electron chi connectivity index (χ3n) is 5.37. The number of hydrogen-bond donors (Lipinski definition) is 2. The lowest BCUT2D eigenvalue weighted by molar-refractivity contribution is -0.140. The van der Waals surface area contributed by atoms with Crippen LogP contribution in [0.1, 0.15) is 45.1 Å². The Labute approximate surface area is 196 Å². The van der Waals surface area contributed by atoms with Gasteiger partial charge < -0.3 is 25.1 Å². The molecule has 1 aromatic rings. The van der Waals surface area contributed by atoms with Crippen molar-refractivity contribution in [1.29, 1.82) is 0 Å². The SMILES string of the molecule is CCCCOC(=O)C1=C(N)N2C(=O)[C@H](C)SC2=C(C(=O)OCC)[C@@H]1c1ccc(O)c(OC)c1. The Hall–Kier alpha value is -3.14. The summed E-state index contributed by atoms with van der Waals surface area (Å²) in [6, 6.07) is 4.49. The van der Waals surface area contributed by atoms with Crippen molar-refractivity contribution in [2.24, 2.45) is 5.73 Å². The number of thioether (sulfide) groups is 1. The van der Waals surface area contributed by atoms with Gasteiger partial charge in [-0.05, 0) is 38.0 Å². The first-order chi connectivity index (χ1) is 15.8. The predicted molar refractivity (Wildman–Crippen MR) is 122 cm³/mol. The van der Waals surface area contributed by atoms with Crippen LogP contribution in [0.5, 0.6) is 11.5 Å². The molecule has 3 N–H and O–H groups in total. The first-order valence-electron chi connectivity index (χ1n) is 10.7. The summed E-state index contributed by atoms with van der Waals surface area (Å²) < 4.78 is 16.0. The van der Waals surface area contributed by atoms with E-state index in [4.69, 9.17) is 19.9 Å². The number of esters is 2. The molecule has 2 heterocycles. The number of fused-ring (bicyclic) bond motifs is 1. The van der Waals surface area contributed by atoms with Crippen LogP contribution in [0.15, 0.2) is 40.2 Å². The molecule has 1 fully saturated rings. The Balaban J connectivity index is 2.25. The van der Waals surface area contributed by atoms with Crippen molar-refractivity contribution in [1.82, 2.24) is 4.90 Å². The van der Waals surface area contributed by atoms with Crippen LogP contribution in [0, 0.1) is 0 Å². The summed E-state index contributed by atoms with van der Waals surface area (Å²) in [5, 5.41) is 9.89. The number of benzene rings is 1. The van der Waals surface area contributed by atoms with E-state index in [0.717, 1.165) is 6.42 Å². The molecule has 2 atom stereocenters. The molecule has 0 bridgehead atoms. The number of nitrogens with zero attached hydrogens (tertiary/aromatic N) is 1. The fraction of sp³-hybridized carbons (Fsp3) is 0.435. The average Bonchev–Trinajstić information content (AvgIpc) is 3.08. The van der Waals surface area contributed by atoms with Crippen molar-refractivity contribution < 1.29 is 33.7 Å². The zero-order valence-corrected chi connectivity index (χ0v) is 19.9. The second-order valence-corrected chi connectivity index (χ2v) is 8.86. The van der Waals surface area contributed by atoms with Gasteiger partial charge >= 0.3 is 11.9 Å². The summed E-state index contributed by atoms with van der Waals surface area (Å²) in [4.78, 5) is 40.5. The van der Waals surface area contributed by atoms with Crippen LogP contribution in [0.25, 0.3) is 0 Å². The van der Waals surface area contributed by atoms with Crippen LogP contribution in [-0.2, 0) is 23.9 Å². The molecule has 1 saturated heterocycles. The van der Waals surface area contributed by atoms with Crippen molar-refractivity contribution in [3.63, 3.8) is 0 Å². The van der Waals surface area contributed by atoms with Crippen LogP contribution < -0.4 is 10.5 Å². The molecule has 0 unspecified atom stereocenters. The normalized spacial score (nSPS) is 20.1. The van der Waals surface area contributed by atoms with E-state index in [1.54, 1.807) is 19.9 Å². The van der Waals surface area contributed by atoms with E-state index < -0.39 is 23.1 Å². The number of methoxy groups -OCH3 is 1. The Morgan fingerprint density at radius 1 is 1.18 bits per heavy atom. The number of ether oxygens (including phenoxy) is 3. The van der Waals surface area contributed by atoms with Crippen molar-refractivity contribution in [3.8, 4) is 11.5 Å². The summed E-state index contributed by atoms with van der Waals surface area (Å²) in [6.45, 7) is 5.60. The maximum absolute atomic E-state index is 13.2. The molecule has 0 saturated carbocycles. The zero-order valence-electron chi connectivity index (χ0n) is 19.0. The maximum atomic E-state index is 13.2. The number of carbonyl (C=O) groups is 3. The minimum Gasteiger partial charge on any atom is -0.504 e. The smallest absolute Gasteiger partial charge is 0.338 e. The molecule has 2 aliphatic heterocycles. The number of rotatable bonds is 8. The van der Waals surface area contributed by atoms with Gasteiger partial charge in [0.15, 0.2) is 11.5 Å². The lowest BCUT2D eigenvalue weighted by atomic mass is 9.82. The number of phenolic OH excluding ortho intramolecular Hbond substituents is 1. The van der Waals surface area contributed by atoms with Gasteiger partial charge in [0.05, 0.1) is 47.7 Å². The van der Waals surface area contributed by atoms with Crippen LogP contribution in [0.3, 0.4) is 0 Å². The minimum atomic E-state index is -0.982. The van der Waals surface area contributed by atoms with E-state index in [1.807, 2.05) is 6.92 Å². The first kappa shape index (κ1) is 24.5. The van der Waals surface area contributed by atoms with E-state index in [9.17, 15) is 19.5 Å². The van der Waals surface area contributed by atoms with Gasteiger partial charge in [-0.15, -0.1) is 0 Å². The number of aromatic hydroxyl groups is 1. The largest absolute Gasteiger partial charge is 0.504 e. The highest BCUT2D eigenvalue weighted by atomic mass is 32.2. The van der Waals surface area contributed by atoms with Gasteiger partial charge in [0.1, 0.15) is 5.82 Å². The fourth-order valence-corrected chi connectivity index (χ4v) is 4.89. The van der Waals surface area contributed by atoms with Crippen LogP contribution in [-0.4, -0.2) is 53.4 Å². The molecule has 1 aromatic carbocycles. The van der Waals surface area contributed by atoms with Gasteiger partial charge in [-0.3, -0.25) is 9.69 Å². The monoisotopic (exact) mass is 476 g/mol. The molecule has 1 amide bonds. The first-order valence-corrected chi connectivity index (χ1v) is 11.6. The molecule has 2 aliphatic rings. The number of carbonyl (C=O) groups excluding carboxylic acids is 3. The second-order valence-electron chi connectivity index (χ2n) is 7.53. The molecule has 0 aliphatic carbocycles. The molecule has 178 valence electrons. The lowest BCUT2D eigenvalue weighted by Gasteiger charge is -2.33. The van der Waals surface area contributed by atoms with Gasteiger partial charge in [0, 0.05) is 0 Å². The number of hydrogen-bond acceptors (Lipinski definition) is 9. The fourth-order valence-electron chi connectivity index (χ4n) is 3.73. The molecule has 3 rings (SSSR count).